The van der Waals surface area contributed by atoms with Gasteiger partial charge in [-0.05, 0) is 50.6 Å². The van der Waals surface area contributed by atoms with Gasteiger partial charge in [0, 0.05) is 17.2 Å². The Morgan fingerprint density at radius 2 is 1.92 bits per heavy atom. The fourth-order valence-corrected chi connectivity index (χ4v) is 3.64. The number of amides is 1. The van der Waals surface area contributed by atoms with Gasteiger partial charge in [-0.25, -0.2) is 0 Å². The quantitative estimate of drug-likeness (QED) is 0.752. The summed E-state index contributed by atoms with van der Waals surface area (Å²) in [5, 5.41) is 0. The van der Waals surface area contributed by atoms with Gasteiger partial charge >= 0.3 is 0 Å². The summed E-state index contributed by atoms with van der Waals surface area (Å²) in [6.07, 6.45) is 0. The van der Waals surface area contributed by atoms with Crippen LogP contribution in [0.4, 0.5) is 5.69 Å². The van der Waals surface area contributed by atoms with E-state index < -0.39 is 5.41 Å². The van der Waals surface area contributed by atoms with E-state index in [1.165, 1.54) is 10.5 Å². The van der Waals surface area contributed by atoms with Gasteiger partial charge in [-0.3, -0.25) is 4.79 Å². The summed E-state index contributed by atoms with van der Waals surface area (Å²) in [4.78, 5) is 15.8. The van der Waals surface area contributed by atoms with E-state index in [1.54, 1.807) is 11.8 Å². The molecule has 1 aliphatic heterocycles. The van der Waals surface area contributed by atoms with Crippen molar-refractivity contribution in [1.82, 2.24) is 0 Å². The van der Waals surface area contributed by atoms with E-state index >= 15 is 0 Å². The summed E-state index contributed by atoms with van der Waals surface area (Å²) < 4.78 is 5.99. The first-order chi connectivity index (χ1) is 11.5. The van der Waals surface area contributed by atoms with Crippen molar-refractivity contribution in [1.29, 1.82) is 0 Å². The minimum atomic E-state index is -0.506. The van der Waals surface area contributed by atoms with Crippen LogP contribution in [-0.2, 0) is 10.5 Å². The molecule has 4 heteroatoms. The molecule has 1 amide bonds. The summed E-state index contributed by atoms with van der Waals surface area (Å²) in [6.45, 7) is 6.94. The Hall–Kier alpha value is -1.94. The van der Waals surface area contributed by atoms with Gasteiger partial charge in [-0.2, -0.15) is 0 Å². The van der Waals surface area contributed by atoms with E-state index in [1.807, 2.05) is 37.8 Å². The Morgan fingerprint density at radius 3 is 2.62 bits per heavy atom. The third-order valence-corrected chi connectivity index (χ3v) is 5.28. The average molecular weight is 341 g/mol. The number of carbonyl (C=O) groups is 1. The fourth-order valence-electron chi connectivity index (χ4n) is 2.78. The number of benzene rings is 2. The molecule has 3 rings (SSSR count). The van der Waals surface area contributed by atoms with Crippen LogP contribution in [0.1, 0.15) is 26.3 Å². The lowest BCUT2D eigenvalue weighted by atomic mass is 9.93. The van der Waals surface area contributed by atoms with Crippen molar-refractivity contribution >= 4 is 23.4 Å². The minimum Gasteiger partial charge on any atom is -0.490 e. The third kappa shape index (κ3) is 3.44. The molecule has 0 N–H and O–H groups in total. The number of fused-ring (bicyclic) bond motifs is 1. The maximum Gasteiger partial charge on any atom is 0.236 e. The molecular formula is C20H23NO2S. The highest BCUT2D eigenvalue weighted by Gasteiger charge is 2.37. The predicted molar refractivity (Wildman–Crippen MR) is 99.7 cm³/mol. The van der Waals surface area contributed by atoms with E-state index in [-0.39, 0.29) is 5.91 Å². The van der Waals surface area contributed by atoms with Crippen molar-refractivity contribution in [3.63, 3.8) is 0 Å². The lowest BCUT2D eigenvalue weighted by molar-refractivity contribution is -0.127. The molecule has 0 unspecified atom stereocenters. The van der Waals surface area contributed by atoms with Gasteiger partial charge in [-0.1, -0.05) is 24.3 Å². The van der Waals surface area contributed by atoms with Crippen LogP contribution >= 0.6 is 11.8 Å². The van der Waals surface area contributed by atoms with E-state index in [2.05, 4.69) is 36.4 Å². The Balaban J connectivity index is 1.83. The van der Waals surface area contributed by atoms with Crippen LogP contribution in [0.2, 0.25) is 0 Å². The first-order valence-electron chi connectivity index (χ1n) is 8.27. The van der Waals surface area contributed by atoms with Crippen molar-refractivity contribution in [2.45, 2.75) is 31.4 Å². The normalized spacial score (nSPS) is 16.3. The van der Waals surface area contributed by atoms with Crippen LogP contribution < -0.4 is 9.64 Å². The molecule has 1 heterocycles. The second kappa shape index (κ2) is 6.89. The minimum absolute atomic E-state index is 0.121. The maximum atomic E-state index is 12.7. The topological polar surface area (TPSA) is 29.5 Å². The van der Waals surface area contributed by atoms with E-state index in [9.17, 15) is 4.79 Å². The fraction of sp³-hybridized carbons (Fsp3) is 0.350. The molecule has 2 aromatic carbocycles. The molecule has 126 valence electrons. The zero-order valence-corrected chi connectivity index (χ0v) is 15.2. The number of hydrogen-bond donors (Lipinski definition) is 0. The number of ether oxygens (including phenoxy) is 1. The van der Waals surface area contributed by atoms with Crippen molar-refractivity contribution in [2.24, 2.45) is 5.41 Å². The number of carbonyl (C=O) groups excluding carboxylic acids is 1. The number of hydrogen-bond acceptors (Lipinski definition) is 3. The van der Waals surface area contributed by atoms with Crippen LogP contribution in [0, 0.1) is 5.41 Å². The van der Waals surface area contributed by atoms with E-state index in [0.717, 1.165) is 17.2 Å². The second-order valence-electron chi connectivity index (χ2n) is 6.63. The standard InChI is InChI=1S/C20H23NO2S/c1-4-21-17-11-10-15(13-24-16-8-6-5-7-9-16)12-18(17)23-14-20(2,3)19(21)22/h5-12H,4,13-14H2,1-3H3. The lowest BCUT2D eigenvalue weighted by Gasteiger charge is -2.26. The highest BCUT2D eigenvalue weighted by molar-refractivity contribution is 7.98. The SMILES string of the molecule is CCN1C(=O)C(C)(C)COc2cc(CSc3ccccc3)ccc21. The van der Waals surface area contributed by atoms with Crippen LogP contribution in [0.3, 0.4) is 0 Å². The zero-order chi connectivity index (χ0) is 17.2. The van der Waals surface area contributed by atoms with E-state index in [0.29, 0.717) is 13.2 Å². The van der Waals surface area contributed by atoms with Gasteiger partial charge in [0.05, 0.1) is 11.1 Å². The Labute approximate surface area is 148 Å². The van der Waals surface area contributed by atoms with Crippen LogP contribution in [0.15, 0.2) is 53.4 Å². The molecule has 0 spiro atoms. The molecule has 2 aromatic rings. The summed E-state index contributed by atoms with van der Waals surface area (Å²) >= 11 is 1.80. The summed E-state index contributed by atoms with van der Waals surface area (Å²) in [7, 11) is 0. The number of anilines is 1. The summed E-state index contributed by atoms with van der Waals surface area (Å²) in [5.74, 6) is 1.81. The second-order valence-corrected chi connectivity index (χ2v) is 7.67. The van der Waals surface area contributed by atoms with Gasteiger partial charge < -0.3 is 9.64 Å². The molecule has 0 saturated carbocycles. The van der Waals surface area contributed by atoms with Crippen molar-refractivity contribution < 1.29 is 9.53 Å². The van der Waals surface area contributed by atoms with Crippen LogP contribution in [0.25, 0.3) is 0 Å². The monoisotopic (exact) mass is 341 g/mol. The molecule has 0 aliphatic carbocycles. The molecule has 0 fully saturated rings. The summed E-state index contributed by atoms with van der Waals surface area (Å²) in [6, 6.07) is 16.5. The summed E-state index contributed by atoms with van der Waals surface area (Å²) in [5.41, 5.74) is 1.57. The van der Waals surface area contributed by atoms with E-state index in [4.69, 9.17) is 4.74 Å². The predicted octanol–water partition coefficient (Wildman–Crippen LogP) is 4.75. The molecule has 0 bridgehead atoms. The smallest absolute Gasteiger partial charge is 0.236 e. The first-order valence-corrected chi connectivity index (χ1v) is 9.25. The molecule has 0 atom stereocenters. The van der Waals surface area contributed by atoms with Gasteiger partial charge in [0.2, 0.25) is 5.91 Å². The van der Waals surface area contributed by atoms with Crippen molar-refractivity contribution in [3.8, 4) is 5.75 Å². The first kappa shape index (κ1) is 16.9. The lowest BCUT2D eigenvalue weighted by Crippen LogP contribution is -2.42. The van der Waals surface area contributed by atoms with Crippen molar-refractivity contribution in [3.05, 3.63) is 54.1 Å². The van der Waals surface area contributed by atoms with Crippen LogP contribution in [-0.4, -0.2) is 19.1 Å². The maximum absolute atomic E-state index is 12.7. The Kier molecular flexibility index (Phi) is 4.86. The largest absolute Gasteiger partial charge is 0.490 e. The molecule has 24 heavy (non-hydrogen) atoms. The van der Waals surface area contributed by atoms with Crippen molar-refractivity contribution in [2.75, 3.05) is 18.1 Å². The Bertz CT molecular complexity index is 728. The van der Waals surface area contributed by atoms with Gasteiger partial charge in [0.1, 0.15) is 12.4 Å². The molecule has 0 aromatic heterocycles. The van der Waals surface area contributed by atoms with Gasteiger partial charge in [0.15, 0.2) is 0 Å². The highest BCUT2D eigenvalue weighted by Crippen LogP contribution is 2.37. The van der Waals surface area contributed by atoms with Crippen LogP contribution in [0.5, 0.6) is 5.75 Å². The van der Waals surface area contributed by atoms with Gasteiger partial charge in [-0.15, -0.1) is 11.8 Å². The average Bonchev–Trinajstić information content (AvgIpc) is 2.69. The number of thioether (sulfide) groups is 1. The zero-order valence-electron chi connectivity index (χ0n) is 14.4. The third-order valence-electron chi connectivity index (χ3n) is 4.19. The molecule has 0 radical (unpaired) electrons. The molecule has 1 aliphatic rings. The highest BCUT2D eigenvalue weighted by atomic mass is 32.2. The molecule has 0 saturated heterocycles. The number of rotatable bonds is 4. The Morgan fingerprint density at radius 1 is 1.17 bits per heavy atom. The number of nitrogens with zero attached hydrogens (tertiary/aromatic N) is 1. The van der Waals surface area contributed by atoms with Gasteiger partial charge in [0.25, 0.3) is 0 Å². The molecular weight excluding hydrogens is 318 g/mol. The molecule has 3 nitrogen and oxygen atoms in total.